The quantitative estimate of drug-likeness (QED) is 0.0878. The van der Waals surface area contributed by atoms with E-state index < -0.39 is 23.4 Å². The normalized spacial score (nSPS) is 11.4. The van der Waals surface area contributed by atoms with Crippen LogP contribution in [0.5, 0.6) is 0 Å². The number of halogens is 9. The van der Waals surface area contributed by atoms with E-state index in [0.29, 0.717) is 79.9 Å². The number of aromatic nitrogens is 7. The number of hydrogen-bond donors (Lipinski definition) is 0. The molecule has 472 valence electrons. The summed E-state index contributed by atoms with van der Waals surface area (Å²) in [6.07, 6.45) is -3.03. The van der Waals surface area contributed by atoms with Crippen molar-refractivity contribution in [1.82, 2.24) is 34.9 Å². The molecule has 18 heteroatoms. The first kappa shape index (κ1) is 77.2. The maximum absolute atomic E-state index is 13.5. The maximum atomic E-state index is 13.5. The monoisotopic (exact) mass is 1210 g/mol. The van der Waals surface area contributed by atoms with Crippen molar-refractivity contribution >= 4 is 5.69 Å². The molecule has 0 unspecified atom stereocenters. The van der Waals surface area contributed by atoms with Crippen LogP contribution in [0, 0.1) is 52.8 Å². The Morgan fingerprint density at radius 3 is 1.07 bits per heavy atom. The smallest absolute Gasteiger partial charge is 0.266 e. The summed E-state index contributed by atoms with van der Waals surface area (Å²) in [4.78, 5) is 32.5. The molecule has 9 nitrogen and oxygen atoms in total. The van der Waals surface area contributed by atoms with E-state index >= 15 is 0 Å². The van der Waals surface area contributed by atoms with Crippen molar-refractivity contribution in [3.63, 3.8) is 0 Å². The summed E-state index contributed by atoms with van der Waals surface area (Å²) in [7, 11) is 0. The molecule has 0 bridgehead atoms. The molecule has 0 aliphatic heterocycles. The molecule has 0 aliphatic rings. The molecule has 0 aliphatic carbocycles. The molecule has 0 atom stereocenters. The fourth-order valence-electron chi connectivity index (χ4n) is 7.79. The van der Waals surface area contributed by atoms with Gasteiger partial charge in [0.25, 0.3) is 0 Å². The van der Waals surface area contributed by atoms with Crippen molar-refractivity contribution in [1.29, 1.82) is 5.26 Å². The third-order valence-electron chi connectivity index (χ3n) is 12.8. The van der Waals surface area contributed by atoms with Crippen LogP contribution >= 0.6 is 0 Å². The van der Waals surface area contributed by atoms with Crippen LogP contribution in [-0.2, 0) is 6.18 Å². The highest BCUT2D eigenvalue weighted by Crippen LogP contribution is 2.34. The first-order valence-electron chi connectivity index (χ1n) is 29.4. The van der Waals surface area contributed by atoms with Crippen molar-refractivity contribution in [2.45, 2.75) is 243 Å². The van der Waals surface area contributed by atoms with Crippen LogP contribution in [0.15, 0.2) is 48.7 Å². The summed E-state index contributed by atoms with van der Waals surface area (Å²) in [6, 6.07) is 11.0. The Bertz CT molecular complexity index is 2990. The Kier molecular flexibility index (Phi) is 31.5. The third kappa shape index (κ3) is 23.8. The third-order valence-corrected chi connectivity index (χ3v) is 12.8. The summed E-state index contributed by atoms with van der Waals surface area (Å²) in [5, 5.41) is 8.86. The number of hydrogen-bond acceptors (Lipinski definition) is 8. The van der Waals surface area contributed by atoms with Gasteiger partial charge in [-0.1, -0.05) is 166 Å². The Morgan fingerprint density at radius 1 is 0.372 bits per heavy atom. The van der Waals surface area contributed by atoms with Crippen molar-refractivity contribution in [2.75, 3.05) is 0 Å². The van der Waals surface area contributed by atoms with Crippen LogP contribution in [0.2, 0.25) is 0 Å². The zero-order valence-electron chi connectivity index (χ0n) is 55.0. The molecule has 6 aromatic rings. The number of alkyl halides is 3. The van der Waals surface area contributed by atoms with Crippen LogP contribution in [0.1, 0.15) is 317 Å². The largest absolute Gasteiger partial charge is 0.416 e. The van der Waals surface area contributed by atoms with Crippen LogP contribution < -0.4 is 0 Å². The number of nitrogens with zero attached hydrogens (tertiary/aromatic N) is 9. The van der Waals surface area contributed by atoms with Gasteiger partial charge in [0.1, 0.15) is 41.0 Å². The second kappa shape index (κ2) is 35.1. The van der Waals surface area contributed by atoms with E-state index in [-0.39, 0.29) is 88.4 Å². The summed E-state index contributed by atoms with van der Waals surface area (Å²) in [6.45, 7) is 53.0. The molecular weight excluding hydrogens is 1110 g/mol. The standard InChI is InChI=1S/C12H16F3N.2C12H15FN2.C11H15F2N.C11H16FN.C10H15FN2/c1-7(2)10-5-9(12(13,14)15)6-11(16-10)8(3)4;1-7(2)11-9(13)6-10(14-5)12(15-11)8(3)4;1-7(2)11-9(6-14)5-10(13)12(15-11)8(3)4;1-6(2)10-8(12)5-9(13)11(14-10)7(3)4;1-7(2)10-6-5-9(12)11(13-10)8(3)4;1-6(2)9-8(11)5-12-10(13-9)7(3)4/h5-8H,1-4H3;6-8H,1-4H3;5,7-8H,1-4H3;5-7H,1-4H3;5-8H,1-4H3;5-7H,1-4H3. The van der Waals surface area contributed by atoms with Gasteiger partial charge < -0.3 is 0 Å². The van der Waals surface area contributed by atoms with E-state index in [1.54, 1.807) is 6.07 Å². The van der Waals surface area contributed by atoms with Crippen LogP contribution in [0.4, 0.5) is 45.2 Å². The lowest BCUT2D eigenvalue weighted by Gasteiger charge is -2.14. The highest BCUT2D eigenvalue weighted by atomic mass is 19.4. The first-order valence-corrected chi connectivity index (χ1v) is 29.4. The summed E-state index contributed by atoms with van der Waals surface area (Å²) in [5.41, 5.74) is 6.06. The fourth-order valence-corrected chi connectivity index (χ4v) is 7.79. The predicted molar refractivity (Wildman–Crippen MR) is 328 cm³/mol. The minimum absolute atomic E-state index is 0.000185. The highest BCUT2D eigenvalue weighted by molar-refractivity contribution is 5.51. The lowest BCUT2D eigenvalue weighted by Crippen LogP contribution is -2.10. The zero-order valence-corrected chi connectivity index (χ0v) is 55.0. The number of rotatable bonds is 12. The second-order valence-electron chi connectivity index (χ2n) is 24.6. The van der Waals surface area contributed by atoms with E-state index in [1.165, 1.54) is 24.4 Å². The van der Waals surface area contributed by atoms with Crippen molar-refractivity contribution in [2.24, 2.45) is 0 Å². The molecule has 6 aromatic heterocycles. The van der Waals surface area contributed by atoms with E-state index in [4.69, 9.17) is 11.8 Å². The second-order valence-corrected chi connectivity index (χ2v) is 24.6. The van der Waals surface area contributed by atoms with Gasteiger partial charge in [-0.15, -0.1) is 0 Å². The Morgan fingerprint density at radius 2 is 0.721 bits per heavy atom. The van der Waals surface area contributed by atoms with Gasteiger partial charge in [-0.25, -0.2) is 41.2 Å². The maximum Gasteiger partial charge on any atom is 0.416 e. The number of pyridine rings is 5. The molecule has 6 heterocycles. The zero-order chi connectivity index (χ0) is 66.6. The van der Waals surface area contributed by atoms with Gasteiger partial charge in [0.15, 0.2) is 5.82 Å². The van der Waals surface area contributed by atoms with Crippen molar-refractivity contribution in [3.05, 3.63) is 175 Å². The molecule has 0 radical (unpaired) electrons. The molecule has 86 heavy (non-hydrogen) atoms. The molecule has 0 fully saturated rings. The Balaban J connectivity index is 0.000000517. The molecule has 0 spiro atoms. The van der Waals surface area contributed by atoms with E-state index in [9.17, 15) is 39.5 Å². The average molecular weight is 1210 g/mol. The van der Waals surface area contributed by atoms with Crippen molar-refractivity contribution in [3.8, 4) is 6.07 Å². The van der Waals surface area contributed by atoms with E-state index in [1.807, 2.05) is 158 Å². The van der Waals surface area contributed by atoms with Gasteiger partial charge >= 0.3 is 6.18 Å². The summed E-state index contributed by atoms with van der Waals surface area (Å²) in [5.74, 6) is -0.460. The van der Waals surface area contributed by atoms with E-state index in [0.717, 1.165) is 23.9 Å². The lowest BCUT2D eigenvalue weighted by molar-refractivity contribution is -0.137. The topological polar surface area (TPSA) is 118 Å². The van der Waals surface area contributed by atoms with Crippen molar-refractivity contribution < 1.29 is 39.5 Å². The molecule has 0 saturated heterocycles. The lowest BCUT2D eigenvalue weighted by atomic mass is 10.0. The van der Waals surface area contributed by atoms with Gasteiger partial charge in [-0.05, 0) is 101 Å². The average Bonchev–Trinajstić information content (AvgIpc) is 3.58. The van der Waals surface area contributed by atoms with Crippen LogP contribution in [-0.4, -0.2) is 34.9 Å². The van der Waals surface area contributed by atoms with Gasteiger partial charge in [0.05, 0.1) is 69.4 Å². The summed E-state index contributed by atoms with van der Waals surface area (Å²) >= 11 is 0. The van der Waals surface area contributed by atoms with Gasteiger partial charge in [0.2, 0.25) is 5.69 Å². The summed E-state index contributed by atoms with van der Waals surface area (Å²) < 4.78 is 118. The van der Waals surface area contributed by atoms with Crippen LogP contribution in [0.3, 0.4) is 0 Å². The SMILES string of the molecule is CC(C)c1cc(C(F)(F)F)cc(C(C)C)n1.CC(C)c1ccc(F)c(C(C)C)n1.CC(C)c1nc(C(C)C)c(C#N)cc1F.CC(C)c1nc(C(C)C)c(F)cc1F.CC(C)c1ncc(F)c(C(C)C)n1.[C-]#[N+]c1cc(F)c(C(C)C)nc1C(C)C. The molecule has 0 N–H and O–H groups in total. The van der Waals surface area contributed by atoms with Crippen LogP contribution in [0.25, 0.3) is 4.85 Å². The predicted octanol–water partition coefficient (Wildman–Crippen LogP) is 21.6. The minimum atomic E-state index is -4.30. The first-order chi connectivity index (χ1) is 39.6. The molecule has 0 saturated carbocycles. The van der Waals surface area contributed by atoms with E-state index in [2.05, 4.69) is 53.6 Å². The Labute approximate surface area is 507 Å². The van der Waals surface area contributed by atoms with Gasteiger partial charge in [-0.2, -0.15) is 18.4 Å². The molecule has 0 amide bonds. The molecular formula is C68H92F9N9. The molecule has 0 aromatic carbocycles. The van der Waals surface area contributed by atoms with Gasteiger partial charge in [0, 0.05) is 29.1 Å². The molecule has 6 rings (SSSR count). The number of nitriles is 1. The Hall–Kier alpha value is -6.82. The minimum Gasteiger partial charge on any atom is -0.266 e. The highest BCUT2D eigenvalue weighted by Gasteiger charge is 2.32. The fraction of sp³-hybridized carbons (Fsp3) is 0.544. The van der Waals surface area contributed by atoms with Gasteiger partial charge in [-0.3, -0.25) is 24.9 Å².